The molecule has 3 rings (SSSR count). The number of anilines is 1. The summed E-state index contributed by atoms with van der Waals surface area (Å²) in [6.45, 7) is 3.40. The molecule has 22 heavy (non-hydrogen) atoms. The van der Waals surface area contributed by atoms with Gasteiger partial charge in [-0.05, 0) is 36.1 Å². The molecular formula is C19H21NO2. The summed E-state index contributed by atoms with van der Waals surface area (Å²) in [4.78, 5) is 14.5. The van der Waals surface area contributed by atoms with E-state index in [-0.39, 0.29) is 5.91 Å². The molecule has 0 saturated heterocycles. The average Bonchev–Trinajstić information content (AvgIpc) is 2.55. The average molecular weight is 295 g/mol. The summed E-state index contributed by atoms with van der Waals surface area (Å²) in [5, 5.41) is 0. The molecule has 0 bridgehead atoms. The lowest BCUT2D eigenvalue weighted by Crippen LogP contribution is -2.39. The van der Waals surface area contributed by atoms with E-state index in [1.807, 2.05) is 53.4 Å². The van der Waals surface area contributed by atoms with E-state index in [9.17, 15) is 4.79 Å². The van der Waals surface area contributed by atoms with Gasteiger partial charge in [0.25, 0.3) is 0 Å². The Labute approximate surface area is 131 Å². The third-order valence-corrected chi connectivity index (χ3v) is 3.97. The molecule has 0 spiro atoms. The van der Waals surface area contributed by atoms with Gasteiger partial charge in [0.05, 0.1) is 13.0 Å². The Kier molecular flexibility index (Phi) is 4.42. The number of fused-ring (bicyclic) bond motifs is 1. The van der Waals surface area contributed by atoms with E-state index >= 15 is 0 Å². The van der Waals surface area contributed by atoms with E-state index in [1.54, 1.807) is 0 Å². The van der Waals surface area contributed by atoms with Gasteiger partial charge < -0.3 is 9.64 Å². The minimum atomic E-state index is 0.134. The molecule has 2 aromatic carbocycles. The lowest BCUT2D eigenvalue weighted by Gasteiger charge is -2.33. The Morgan fingerprint density at radius 3 is 2.68 bits per heavy atom. The van der Waals surface area contributed by atoms with Crippen molar-refractivity contribution >= 4 is 11.6 Å². The van der Waals surface area contributed by atoms with Gasteiger partial charge in [-0.2, -0.15) is 0 Å². The zero-order chi connectivity index (χ0) is 15.4. The Hall–Kier alpha value is -2.29. The first kappa shape index (κ1) is 14.6. The van der Waals surface area contributed by atoms with Crippen molar-refractivity contribution in [1.29, 1.82) is 0 Å². The van der Waals surface area contributed by atoms with Crippen LogP contribution >= 0.6 is 0 Å². The molecular weight excluding hydrogens is 274 g/mol. The fourth-order valence-corrected chi connectivity index (χ4v) is 2.94. The second-order valence-corrected chi connectivity index (χ2v) is 5.85. The summed E-state index contributed by atoms with van der Waals surface area (Å²) >= 11 is 0. The molecule has 1 unspecified atom stereocenters. The van der Waals surface area contributed by atoms with Gasteiger partial charge in [-0.1, -0.05) is 43.3 Å². The van der Waals surface area contributed by atoms with Gasteiger partial charge in [-0.15, -0.1) is 0 Å². The Morgan fingerprint density at radius 2 is 1.86 bits per heavy atom. The lowest BCUT2D eigenvalue weighted by atomic mass is 9.94. The molecule has 1 amide bonds. The molecule has 114 valence electrons. The SMILES string of the molecule is CC1Cc2ccccc2N(C(=O)CCOc2ccccc2)C1. The van der Waals surface area contributed by atoms with Crippen molar-refractivity contribution in [3.8, 4) is 5.75 Å². The Bertz CT molecular complexity index is 639. The molecule has 0 radical (unpaired) electrons. The van der Waals surface area contributed by atoms with Gasteiger partial charge in [-0.3, -0.25) is 4.79 Å². The molecule has 1 aliphatic heterocycles. The first-order valence-electron chi connectivity index (χ1n) is 7.80. The van der Waals surface area contributed by atoms with Crippen LogP contribution in [0.25, 0.3) is 0 Å². The second-order valence-electron chi connectivity index (χ2n) is 5.85. The molecule has 1 aliphatic rings. The van der Waals surface area contributed by atoms with Crippen LogP contribution in [0.3, 0.4) is 0 Å². The number of carbonyl (C=O) groups excluding carboxylic acids is 1. The van der Waals surface area contributed by atoms with Crippen molar-refractivity contribution in [3.63, 3.8) is 0 Å². The van der Waals surface area contributed by atoms with Gasteiger partial charge in [0.15, 0.2) is 0 Å². The number of benzene rings is 2. The molecule has 0 saturated carbocycles. The highest BCUT2D eigenvalue weighted by molar-refractivity contribution is 5.94. The molecule has 0 fully saturated rings. The number of carbonyl (C=O) groups is 1. The molecule has 0 N–H and O–H groups in total. The number of rotatable bonds is 4. The maximum atomic E-state index is 12.5. The molecule has 2 aromatic rings. The quantitative estimate of drug-likeness (QED) is 0.861. The largest absolute Gasteiger partial charge is 0.493 e. The van der Waals surface area contributed by atoms with Crippen LogP contribution in [0.4, 0.5) is 5.69 Å². The molecule has 0 aliphatic carbocycles. The molecule has 1 atom stereocenters. The highest BCUT2D eigenvalue weighted by Gasteiger charge is 2.25. The van der Waals surface area contributed by atoms with E-state index in [4.69, 9.17) is 4.74 Å². The standard InChI is InChI=1S/C19H21NO2/c1-15-13-16-7-5-6-10-18(16)20(14-15)19(21)11-12-22-17-8-3-2-4-9-17/h2-10,15H,11-14H2,1H3. The summed E-state index contributed by atoms with van der Waals surface area (Å²) in [6, 6.07) is 17.8. The zero-order valence-electron chi connectivity index (χ0n) is 12.9. The van der Waals surface area contributed by atoms with Crippen molar-refractivity contribution in [1.82, 2.24) is 0 Å². The van der Waals surface area contributed by atoms with Crippen LogP contribution in [0, 0.1) is 5.92 Å². The van der Waals surface area contributed by atoms with Gasteiger partial charge in [-0.25, -0.2) is 0 Å². The van der Waals surface area contributed by atoms with Crippen LogP contribution in [-0.4, -0.2) is 19.1 Å². The first-order valence-corrected chi connectivity index (χ1v) is 7.80. The van der Waals surface area contributed by atoms with Crippen LogP contribution in [0.1, 0.15) is 18.9 Å². The first-order chi connectivity index (χ1) is 10.7. The summed E-state index contributed by atoms with van der Waals surface area (Å²) in [7, 11) is 0. The summed E-state index contributed by atoms with van der Waals surface area (Å²) < 4.78 is 5.63. The van der Waals surface area contributed by atoms with Crippen molar-refractivity contribution < 1.29 is 9.53 Å². The molecule has 1 heterocycles. The van der Waals surface area contributed by atoms with Gasteiger partial charge in [0, 0.05) is 12.2 Å². The number of hydrogen-bond acceptors (Lipinski definition) is 2. The molecule has 3 nitrogen and oxygen atoms in total. The third-order valence-electron chi connectivity index (χ3n) is 3.97. The van der Waals surface area contributed by atoms with E-state index < -0.39 is 0 Å². The van der Waals surface area contributed by atoms with Crippen LogP contribution in [0.15, 0.2) is 54.6 Å². The summed E-state index contributed by atoms with van der Waals surface area (Å²) in [6.07, 6.45) is 1.44. The zero-order valence-corrected chi connectivity index (χ0v) is 12.9. The lowest BCUT2D eigenvalue weighted by molar-refractivity contribution is -0.119. The predicted molar refractivity (Wildman–Crippen MR) is 88.2 cm³/mol. The van der Waals surface area contributed by atoms with Crippen molar-refractivity contribution in [2.24, 2.45) is 5.92 Å². The predicted octanol–water partition coefficient (Wildman–Crippen LogP) is 3.68. The van der Waals surface area contributed by atoms with E-state index in [0.717, 1.165) is 24.4 Å². The van der Waals surface area contributed by atoms with Crippen LogP contribution in [0.5, 0.6) is 5.75 Å². The van der Waals surface area contributed by atoms with Gasteiger partial charge in [0.1, 0.15) is 5.75 Å². The smallest absolute Gasteiger partial charge is 0.230 e. The number of ether oxygens (including phenoxy) is 1. The fraction of sp³-hybridized carbons (Fsp3) is 0.316. The number of nitrogens with zero attached hydrogens (tertiary/aromatic N) is 1. The maximum absolute atomic E-state index is 12.5. The fourth-order valence-electron chi connectivity index (χ4n) is 2.94. The van der Waals surface area contributed by atoms with Crippen LogP contribution in [0.2, 0.25) is 0 Å². The van der Waals surface area contributed by atoms with Crippen molar-refractivity contribution in [3.05, 3.63) is 60.2 Å². The van der Waals surface area contributed by atoms with Crippen molar-refractivity contribution in [2.75, 3.05) is 18.1 Å². The summed E-state index contributed by atoms with van der Waals surface area (Å²) in [5.74, 6) is 1.44. The van der Waals surface area contributed by atoms with Crippen LogP contribution in [-0.2, 0) is 11.2 Å². The Balaban J connectivity index is 1.63. The van der Waals surface area contributed by atoms with Gasteiger partial charge in [0.2, 0.25) is 5.91 Å². The highest BCUT2D eigenvalue weighted by atomic mass is 16.5. The minimum Gasteiger partial charge on any atom is -0.493 e. The third kappa shape index (κ3) is 3.30. The Morgan fingerprint density at radius 1 is 1.14 bits per heavy atom. The summed E-state index contributed by atoms with van der Waals surface area (Å²) in [5.41, 5.74) is 2.32. The molecule has 3 heteroatoms. The van der Waals surface area contributed by atoms with E-state index in [0.29, 0.717) is 18.9 Å². The van der Waals surface area contributed by atoms with Crippen molar-refractivity contribution in [2.45, 2.75) is 19.8 Å². The number of para-hydroxylation sites is 2. The monoisotopic (exact) mass is 295 g/mol. The second kappa shape index (κ2) is 6.65. The normalized spacial score (nSPS) is 17.0. The maximum Gasteiger partial charge on any atom is 0.230 e. The minimum absolute atomic E-state index is 0.134. The topological polar surface area (TPSA) is 29.5 Å². The highest BCUT2D eigenvalue weighted by Crippen LogP contribution is 2.29. The van der Waals surface area contributed by atoms with E-state index in [2.05, 4.69) is 13.0 Å². The van der Waals surface area contributed by atoms with Gasteiger partial charge >= 0.3 is 0 Å². The van der Waals surface area contributed by atoms with E-state index in [1.165, 1.54) is 5.56 Å². The van der Waals surface area contributed by atoms with Crippen LogP contribution < -0.4 is 9.64 Å². The number of amides is 1. The molecule has 0 aromatic heterocycles. The number of hydrogen-bond donors (Lipinski definition) is 0.